The quantitative estimate of drug-likeness (QED) is 0.564. The Labute approximate surface area is 78.5 Å². The van der Waals surface area contributed by atoms with Crippen LogP contribution in [-0.2, 0) is 4.79 Å². The van der Waals surface area contributed by atoms with Crippen LogP contribution in [0.2, 0.25) is 0 Å². The highest BCUT2D eigenvalue weighted by Crippen LogP contribution is 2.15. The number of carbonyl (C=O) groups excluding carboxylic acids is 1. The average Bonchev–Trinajstić information content (AvgIpc) is 2.45. The molecule has 1 rings (SSSR count). The standard InChI is InChI=1S/C7H11F3N2O2/c8-7(9,10)6(14)12-2-4-1-11-3-5(4)13/h4-5,11,13H,1-3H2,(H,12,14)/t4-,5-/m0/s1. The van der Waals surface area contributed by atoms with Gasteiger partial charge < -0.3 is 15.7 Å². The maximum absolute atomic E-state index is 11.7. The molecule has 4 nitrogen and oxygen atoms in total. The molecule has 0 aromatic rings. The van der Waals surface area contributed by atoms with Crippen molar-refractivity contribution in [1.82, 2.24) is 10.6 Å². The number of rotatable bonds is 2. The Morgan fingerprint density at radius 3 is 2.57 bits per heavy atom. The maximum Gasteiger partial charge on any atom is 0.471 e. The second kappa shape index (κ2) is 4.14. The van der Waals surface area contributed by atoms with Crippen molar-refractivity contribution >= 4 is 5.91 Å². The molecular formula is C7H11F3N2O2. The van der Waals surface area contributed by atoms with E-state index >= 15 is 0 Å². The first-order chi connectivity index (χ1) is 6.41. The molecule has 1 aliphatic rings. The summed E-state index contributed by atoms with van der Waals surface area (Å²) < 4.78 is 35.2. The van der Waals surface area contributed by atoms with Gasteiger partial charge in [-0.2, -0.15) is 13.2 Å². The highest BCUT2D eigenvalue weighted by atomic mass is 19.4. The van der Waals surface area contributed by atoms with E-state index in [4.69, 9.17) is 0 Å². The number of amides is 1. The third kappa shape index (κ3) is 2.85. The number of hydrogen-bond acceptors (Lipinski definition) is 3. The Hall–Kier alpha value is -0.820. The molecule has 1 amide bonds. The highest BCUT2D eigenvalue weighted by molar-refractivity contribution is 5.81. The molecule has 0 aromatic carbocycles. The van der Waals surface area contributed by atoms with Crippen LogP contribution in [0.5, 0.6) is 0 Å². The minimum Gasteiger partial charge on any atom is -0.391 e. The van der Waals surface area contributed by atoms with Crippen molar-refractivity contribution in [3.8, 4) is 0 Å². The smallest absolute Gasteiger partial charge is 0.391 e. The predicted octanol–water partition coefficient (Wildman–Crippen LogP) is -0.755. The van der Waals surface area contributed by atoms with Crippen molar-refractivity contribution in [3.05, 3.63) is 0 Å². The molecule has 2 atom stereocenters. The molecule has 0 radical (unpaired) electrons. The lowest BCUT2D eigenvalue weighted by molar-refractivity contribution is -0.173. The number of nitrogens with one attached hydrogen (secondary N) is 2. The van der Waals surface area contributed by atoms with Crippen LogP contribution in [0.3, 0.4) is 0 Å². The summed E-state index contributed by atoms with van der Waals surface area (Å²) in [5.41, 5.74) is 0. The van der Waals surface area contributed by atoms with Crippen molar-refractivity contribution in [2.24, 2.45) is 5.92 Å². The van der Waals surface area contributed by atoms with Gasteiger partial charge in [0.25, 0.3) is 0 Å². The average molecular weight is 212 g/mol. The van der Waals surface area contributed by atoms with Crippen LogP contribution in [0.25, 0.3) is 0 Å². The Bertz CT molecular complexity index is 219. The van der Waals surface area contributed by atoms with Gasteiger partial charge in [0.1, 0.15) is 0 Å². The van der Waals surface area contributed by atoms with E-state index in [2.05, 4.69) is 5.32 Å². The van der Waals surface area contributed by atoms with E-state index in [1.165, 1.54) is 0 Å². The molecular weight excluding hydrogens is 201 g/mol. The lowest BCUT2D eigenvalue weighted by Gasteiger charge is -2.14. The topological polar surface area (TPSA) is 61.4 Å². The third-order valence-corrected chi connectivity index (χ3v) is 2.09. The molecule has 1 heterocycles. The van der Waals surface area contributed by atoms with E-state index in [1.54, 1.807) is 5.32 Å². The first kappa shape index (κ1) is 11.3. The third-order valence-electron chi connectivity index (χ3n) is 2.09. The van der Waals surface area contributed by atoms with Crippen molar-refractivity contribution in [3.63, 3.8) is 0 Å². The fraction of sp³-hybridized carbons (Fsp3) is 0.857. The van der Waals surface area contributed by atoms with E-state index in [0.29, 0.717) is 13.1 Å². The zero-order valence-electron chi connectivity index (χ0n) is 7.27. The molecule has 3 N–H and O–H groups in total. The fourth-order valence-corrected chi connectivity index (χ4v) is 1.25. The summed E-state index contributed by atoms with van der Waals surface area (Å²) in [7, 11) is 0. The number of aliphatic hydroxyl groups is 1. The molecule has 82 valence electrons. The zero-order chi connectivity index (χ0) is 10.8. The monoisotopic (exact) mass is 212 g/mol. The molecule has 1 aliphatic heterocycles. The van der Waals surface area contributed by atoms with Crippen LogP contribution in [0.1, 0.15) is 0 Å². The number of β-amino-alcohol motifs (C(OH)–C–C–N with tert-alkyl or cyclic N) is 1. The summed E-state index contributed by atoms with van der Waals surface area (Å²) in [6.45, 7) is 0.609. The lowest BCUT2D eigenvalue weighted by Crippen LogP contribution is -2.41. The number of aliphatic hydroxyl groups excluding tert-OH is 1. The Balaban J connectivity index is 2.30. The van der Waals surface area contributed by atoms with Crippen molar-refractivity contribution in [2.75, 3.05) is 19.6 Å². The van der Waals surface area contributed by atoms with Crippen LogP contribution in [0, 0.1) is 5.92 Å². The van der Waals surface area contributed by atoms with Crippen LogP contribution >= 0.6 is 0 Å². The second-order valence-corrected chi connectivity index (χ2v) is 3.19. The summed E-state index contributed by atoms with van der Waals surface area (Å²) in [5, 5.41) is 13.7. The normalized spacial score (nSPS) is 27.7. The molecule has 0 bridgehead atoms. The minimum atomic E-state index is -4.85. The van der Waals surface area contributed by atoms with Gasteiger partial charge in [-0.05, 0) is 0 Å². The van der Waals surface area contributed by atoms with E-state index in [9.17, 15) is 23.1 Å². The largest absolute Gasteiger partial charge is 0.471 e. The molecule has 0 aliphatic carbocycles. The summed E-state index contributed by atoms with van der Waals surface area (Å²) >= 11 is 0. The molecule has 7 heteroatoms. The van der Waals surface area contributed by atoms with Gasteiger partial charge in [0.05, 0.1) is 6.10 Å². The molecule has 0 unspecified atom stereocenters. The van der Waals surface area contributed by atoms with Gasteiger partial charge in [-0.3, -0.25) is 4.79 Å². The van der Waals surface area contributed by atoms with Gasteiger partial charge in [-0.1, -0.05) is 0 Å². The van der Waals surface area contributed by atoms with Gasteiger partial charge >= 0.3 is 12.1 Å². The minimum absolute atomic E-state index is 0.160. The first-order valence-electron chi connectivity index (χ1n) is 4.15. The molecule has 0 saturated carbocycles. The fourth-order valence-electron chi connectivity index (χ4n) is 1.25. The van der Waals surface area contributed by atoms with Gasteiger partial charge in [-0.15, -0.1) is 0 Å². The second-order valence-electron chi connectivity index (χ2n) is 3.19. The number of halogens is 3. The molecule has 0 spiro atoms. The van der Waals surface area contributed by atoms with E-state index in [0.717, 1.165) is 0 Å². The number of carbonyl (C=O) groups is 1. The first-order valence-corrected chi connectivity index (χ1v) is 4.15. The Morgan fingerprint density at radius 2 is 2.14 bits per heavy atom. The van der Waals surface area contributed by atoms with Crippen LogP contribution in [-0.4, -0.2) is 42.9 Å². The predicted molar refractivity (Wildman–Crippen MR) is 41.4 cm³/mol. The van der Waals surface area contributed by atoms with Crippen molar-refractivity contribution in [1.29, 1.82) is 0 Å². The Morgan fingerprint density at radius 1 is 1.50 bits per heavy atom. The highest BCUT2D eigenvalue weighted by Gasteiger charge is 2.39. The SMILES string of the molecule is O=C(NC[C@@H]1CNC[C@@H]1O)C(F)(F)F. The zero-order valence-corrected chi connectivity index (χ0v) is 7.27. The summed E-state index contributed by atoms with van der Waals surface area (Å²) in [5.74, 6) is -2.31. The molecule has 1 fully saturated rings. The van der Waals surface area contributed by atoms with Crippen molar-refractivity contribution in [2.45, 2.75) is 12.3 Å². The maximum atomic E-state index is 11.7. The van der Waals surface area contributed by atoms with Crippen LogP contribution < -0.4 is 10.6 Å². The van der Waals surface area contributed by atoms with Gasteiger partial charge in [0.2, 0.25) is 0 Å². The van der Waals surface area contributed by atoms with Crippen LogP contribution in [0.4, 0.5) is 13.2 Å². The van der Waals surface area contributed by atoms with E-state index in [-0.39, 0.29) is 12.5 Å². The van der Waals surface area contributed by atoms with E-state index < -0.39 is 18.2 Å². The van der Waals surface area contributed by atoms with Gasteiger partial charge in [0, 0.05) is 25.6 Å². The van der Waals surface area contributed by atoms with Crippen LogP contribution in [0.15, 0.2) is 0 Å². The number of alkyl halides is 3. The number of hydrogen-bond donors (Lipinski definition) is 3. The van der Waals surface area contributed by atoms with Gasteiger partial charge in [-0.25, -0.2) is 0 Å². The van der Waals surface area contributed by atoms with Gasteiger partial charge in [0.15, 0.2) is 0 Å². The Kier molecular flexibility index (Phi) is 3.33. The molecule has 0 aromatic heterocycles. The summed E-state index contributed by atoms with van der Waals surface area (Å²) in [6.07, 6.45) is -5.54. The molecule has 14 heavy (non-hydrogen) atoms. The molecule has 1 saturated heterocycles. The van der Waals surface area contributed by atoms with Crippen molar-refractivity contribution < 1.29 is 23.1 Å². The summed E-state index contributed by atoms with van der Waals surface area (Å²) in [4.78, 5) is 10.4. The summed E-state index contributed by atoms with van der Waals surface area (Å²) in [6, 6.07) is 0. The van der Waals surface area contributed by atoms with E-state index in [1.807, 2.05) is 0 Å². The lowest BCUT2D eigenvalue weighted by atomic mass is 10.1.